The fraction of sp³-hybridized carbons (Fsp3) is 0.267. The van der Waals surface area contributed by atoms with Crippen molar-refractivity contribution in [3.05, 3.63) is 48.2 Å². The molecule has 6 heteroatoms. The summed E-state index contributed by atoms with van der Waals surface area (Å²) in [6.07, 6.45) is 4.68. The second kappa shape index (κ2) is 6.78. The minimum Gasteiger partial charge on any atom is -0.393 e. The third-order valence-electron chi connectivity index (χ3n) is 3.05. The molecule has 0 unspecified atom stereocenters. The molecule has 0 bridgehead atoms. The predicted octanol–water partition coefficient (Wildman–Crippen LogP) is 2.98. The van der Waals surface area contributed by atoms with Gasteiger partial charge >= 0.3 is 0 Å². The van der Waals surface area contributed by atoms with Gasteiger partial charge < -0.3 is 14.1 Å². The quantitative estimate of drug-likeness (QED) is 0.563. The smallest absolute Gasteiger partial charge is 0.217 e. The maximum atomic E-state index is 5.23. The zero-order valence-electron chi connectivity index (χ0n) is 11.8. The molecule has 111 valence electrons. The molecule has 0 atom stereocenters. The Kier molecular flexibility index (Phi) is 5.04. The van der Waals surface area contributed by atoms with Crippen LogP contribution in [0.2, 0.25) is 0 Å². The molecular formula is C15H15IrN4O-. The second-order valence-electron chi connectivity index (χ2n) is 4.59. The normalized spacial score (nSPS) is 10.4. The largest absolute Gasteiger partial charge is 0.393 e. The number of imidazole rings is 1. The molecule has 0 aliphatic carbocycles. The van der Waals surface area contributed by atoms with Crippen molar-refractivity contribution < 1.29 is 24.6 Å². The molecule has 2 aromatic heterocycles. The van der Waals surface area contributed by atoms with Crippen molar-refractivity contribution in [1.29, 1.82) is 0 Å². The number of hydrogen-bond acceptors (Lipinski definition) is 4. The van der Waals surface area contributed by atoms with E-state index in [0.717, 1.165) is 29.8 Å². The summed E-state index contributed by atoms with van der Waals surface area (Å²) in [7, 11) is 0. The molecular weight excluding hydrogens is 444 g/mol. The van der Waals surface area contributed by atoms with E-state index >= 15 is 0 Å². The molecule has 0 fully saturated rings. The third kappa shape index (κ3) is 3.12. The number of nitrogens with zero attached hydrogens (tertiary/aromatic N) is 4. The van der Waals surface area contributed by atoms with Crippen LogP contribution < -0.4 is 0 Å². The van der Waals surface area contributed by atoms with E-state index < -0.39 is 0 Å². The van der Waals surface area contributed by atoms with Crippen LogP contribution in [0.1, 0.15) is 24.9 Å². The fourth-order valence-corrected chi connectivity index (χ4v) is 2.12. The molecule has 0 saturated carbocycles. The molecule has 0 amide bonds. The van der Waals surface area contributed by atoms with E-state index in [-0.39, 0.29) is 20.1 Å². The molecule has 5 nitrogen and oxygen atoms in total. The topological polar surface area (TPSA) is 56.7 Å². The Balaban J connectivity index is 0.00000161. The van der Waals surface area contributed by atoms with Crippen molar-refractivity contribution in [2.75, 3.05) is 0 Å². The summed E-state index contributed by atoms with van der Waals surface area (Å²) in [5, 5.41) is 4.01. The Hall–Kier alpha value is -1.78. The van der Waals surface area contributed by atoms with Crippen LogP contribution in [0.5, 0.6) is 0 Å². The van der Waals surface area contributed by atoms with Crippen molar-refractivity contribution >= 4 is 0 Å². The zero-order chi connectivity index (χ0) is 13.9. The van der Waals surface area contributed by atoms with Gasteiger partial charge in [0.2, 0.25) is 5.89 Å². The van der Waals surface area contributed by atoms with Crippen LogP contribution in [0, 0.1) is 13.3 Å². The van der Waals surface area contributed by atoms with Crippen LogP contribution in [-0.2, 0) is 26.5 Å². The van der Waals surface area contributed by atoms with Crippen LogP contribution in [-0.4, -0.2) is 19.7 Å². The maximum absolute atomic E-state index is 5.23. The van der Waals surface area contributed by atoms with Gasteiger partial charge in [0.1, 0.15) is 0 Å². The summed E-state index contributed by atoms with van der Waals surface area (Å²) >= 11 is 0. The van der Waals surface area contributed by atoms with E-state index in [4.69, 9.17) is 4.52 Å². The third-order valence-corrected chi connectivity index (χ3v) is 3.05. The number of rotatable bonds is 4. The van der Waals surface area contributed by atoms with Crippen LogP contribution in [0.25, 0.3) is 17.2 Å². The summed E-state index contributed by atoms with van der Waals surface area (Å²) < 4.78 is 6.97. The summed E-state index contributed by atoms with van der Waals surface area (Å²) in [6, 6.07) is 10.0. The summed E-state index contributed by atoms with van der Waals surface area (Å²) in [4.78, 5) is 8.62. The van der Waals surface area contributed by atoms with E-state index in [1.165, 1.54) is 0 Å². The molecule has 1 radical (unpaired) electrons. The van der Waals surface area contributed by atoms with Gasteiger partial charge in [-0.2, -0.15) is 0 Å². The molecule has 3 aromatic rings. The molecule has 0 aliphatic rings. The first-order valence-electron chi connectivity index (χ1n) is 6.65. The van der Waals surface area contributed by atoms with Crippen LogP contribution in [0.3, 0.4) is 0 Å². The molecule has 0 aliphatic heterocycles. The van der Waals surface area contributed by atoms with Crippen LogP contribution in [0.4, 0.5) is 0 Å². The minimum atomic E-state index is 0. The van der Waals surface area contributed by atoms with Gasteiger partial charge in [0.25, 0.3) is 0 Å². The first-order chi connectivity index (χ1) is 9.79. The zero-order valence-corrected chi connectivity index (χ0v) is 14.2. The Morgan fingerprint density at radius 1 is 1.24 bits per heavy atom. The van der Waals surface area contributed by atoms with Crippen molar-refractivity contribution in [1.82, 2.24) is 19.7 Å². The van der Waals surface area contributed by atoms with Gasteiger partial charge in [-0.1, -0.05) is 60.6 Å². The van der Waals surface area contributed by atoms with Crippen LogP contribution in [0.15, 0.2) is 34.9 Å². The molecule has 21 heavy (non-hydrogen) atoms. The van der Waals surface area contributed by atoms with Gasteiger partial charge in [-0.15, -0.1) is 0 Å². The van der Waals surface area contributed by atoms with Gasteiger partial charge in [-0.05, 0) is 12.1 Å². The van der Waals surface area contributed by atoms with Gasteiger partial charge in [0.05, 0.1) is 0 Å². The van der Waals surface area contributed by atoms with Gasteiger partial charge in [-0.3, -0.25) is 0 Å². The summed E-state index contributed by atoms with van der Waals surface area (Å²) in [5.41, 5.74) is 2.88. The predicted molar refractivity (Wildman–Crippen MR) is 74.4 cm³/mol. The Morgan fingerprint density at radius 3 is 2.71 bits per heavy atom. The maximum Gasteiger partial charge on any atom is 0.217 e. The van der Waals surface area contributed by atoms with Gasteiger partial charge in [0.15, 0.2) is 5.95 Å². The Labute approximate surface area is 136 Å². The number of aryl methyl sites for hydroxylation is 2. The van der Waals surface area contributed by atoms with Gasteiger partial charge in [-0.25, -0.2) is 4.98 Å². The van der Waals surface area contributed by atoms with E-state index in [1.807, 2.05) is 37.3 Å². The van der Waals surface area contributed by atoms with E-state index in [1.54, 1.807) is 4.57 Å². The molecule has 0 spiro atoms. The van der Waals surface area contributed by atoms with Crippen molar-refractivity contribution in [2.45, 2.75) is 26.7 Å². The molecule has 0 saturated heterocycles. The molecule has 1 aromatic carbocycles. The second-order valence-corrected chi connectivity index (χ2v) is 4.59. The van der Waals surface area contributed by atoms with E-state index in [2.05, 4.69) is 28.4 Å². The first kappa shape index (κ1) is 15.6. The van der Waals surface area contributed by atoms with E-state index in [9.17, 15) is 0 Å². The minimum absolute atomic E-state index is 0. The van der Waals surface area contributed by atoms with Crippen LogP contribution >= 0.6 is 0 Å². The van der Waals surface area contributed by atoms with Crippen molar-refractivity contribution in [3.8, 4) is 17.2 Å². The molecule has 2 heterocycles. The summed E-state index contributed by atoms with van der Waals surface area (Å²) in [6.45, 7) is 4.02. The number of aromatic nitrogens is 4. The fourth-order valence-electron chi connectivity index (χ4n) is 2.12. The molecule has 0 N–H and O–H groups in total. The van der Waals surface area contributed by atoms with E-state index in [0.29, 0.717) is 11.8 Å². The summed E-state index contributed by atoms with van der Waals surface area (Å²) in [5.74, 6) is 1.12. The Bertz CT molecular complexity index is 706. The van der Waals surface area contributed by atoms with Crippen molar-refractivity contribution in [2.24, 2.45) is 0 Å². The number of benzene rings is 1. The molecule has 3 rings (SSSR count). The van der Waals surface area contributed by atoms with Crippen molar-refractivity contribution in [3.63, 3.8) is 0 Å². The number of hydrogen-bond donors (Lipinski definition) is 0. The van der Waals surface area contributed by atoms with Gasteiger partial charge in [0, 0.05) is 32.9 Å². The average molecular weight is 460 g/mol. The Morgan fingerprint density at radius 2 is 2.00 bits per heavy atom. The average Bonchev–Trinajstić information content (AvgIpc) is 3.07. The first-order valence-corrected chi connectivity index (χ1v) is 6.65. The standard InChI is InChI=1S/C15H15N4O.Ir/c1-3-7-13-17-15(18-20-13)19-10-16-11(2)14(19)12-8-5-4-6-9-12;/h4-6,8-9H,3,7H2,1-2H3;/q-1;. The monoisotopic (exact) mass is 460 g/mol. The SMILES string of the molecule is CCCc1nc(-n2[c-]nc(C)c2-c2ccccc2)no1.[Ir].